The SMILES string of the molecule is Cc1cc(N2CC(C(=O)Nc3nc(C)c(SCC(N)=O)s3)CC2=O)ccc1Br. The lowest BCUT2D eigenvalue weighted by Gasteiger charge is -2.17. The number of rotatable bonds is 6. The highest BCUT2D eigenvalue weighted by atomic mass is 79.9. The van der Waals surface area contributed by atoms with Gasteiger partial charge in [-0.25, -0.2) is 4.98 Å². The summed E-state index contributed by atoms with van der Waals surface area (Å²) in [6.45, 7) is 4.10. The van der Waals surface area contributed by atoms with Crippen LogP contribution in [0.2, 0.25) is 0 Å². The molecule has 1 fully saturated rings. The van der Waals surface area contributed by atoms with Crippen molar-refractivity contribution in [3.05, 3.63) is 33.9 Å². The number of halogens is 1. The van der Waals surface area contributed by atoms with E-state index in [-0.39, 0.29) is 24.0 Å². The molecule has 3 rings (SSSR count). The number of hydrogen-bond acceptors (Lipinski definition) is 6. The van der Waals surface area contributed by atoms with Crippen molar-refractivity contribution in [3.8, 4) is 0 Å². The minimum absolute atomic E-state index is 0.0742. The molecule has 0 spiro atoms. The van der Waals surface area contributed by atoms with Gasteiger partial charge in [-0.3, -0.25) is 14.4 Å². The predicted molar refractivity (Wildman–Crippen MR) is 115 cm³/mol. The van der Waals surface area contributed by atoms with Crippen molar-refractivity contribution < 1.29 is 14.4 Å². The number of aryl methyl sites for hydroxylation is 2. The lowest BCUT2D eigenvalue weighted by molar-refractivity contribution is -0.122. The summed E-state index contributed by atoms with van der Waals surface area (Å²) in [5.74, 6) is -0.993. The zero-order valence-corrected chi connectivity index (χ0v) is 18.5. The van der Waals surface area contributed by atoms with Crippen LogP contribution in [0, 0.1) is 19.8 Å². The van der Waals surface area contributed by atoms with Crippen LogP contribution in [0.25, 0.3) is 0 Å². The molecule has 0 radical (unpaired) electrons. The van der Waals surface area contributed by atoms with E-state index in [9.17, 15) is 14.4 Å². The number of carbonyl (C=O) groups excluding carboxylic acids is 3. The Kier molecular flexibility index (Phi) is 6.41. The molecule has 1 aliphatic heterocycles. The molecule has 1 atom stereocenters. The molecule has 2 aromatic rings. The fourth-order valence-corrected chi connectivity index (χ4v) is 4.97. The lowest BCUT2D eigenvalue weighted by Crippen LogP contribution is -2.28. The van der Waals surface area contributed by atoms with Crippen molar-refractivity contribution in [2.45, 2.75) is 24.5 Å². The zero-order chi connectivity index (χ0) is 20.4. The van der Waals surface area contributed by atoms with Crippen LogP contribution in [0.15, 0.2) is 26.9 Å². The molecule has 3 N–H and O–H groups in total. The summed E-state index contributed by atoms with van der Waals surface area (Å²) < 4.78 is 1.81. The first kappa shape index (κ1) is 20.8. The van der Waals surface area contributed by atoms with Crippen LogP contribution in [0.1, 0.15) is 17.7 Å². The minimum Gasteiger partial charge on any atom is -0.369 e. The van der Waals surface area contributed by atoms with E-state index in [1.807, 2.05) is 32.0 Å². The molecule has 1 saturated heterocycles. The number of nitrogens with zero attached hydrogens (tertiary/aromatic N) is 2. The Morgan fingerprint density at radius 2 is 2.18 bits per heavy atom. The van der Waals surface area contributed by atoms with Gasteiger partial charge in [-0.1, -0.05) is 27.3 Å². The molecule has 1 aromatic carbocycles. The molecule has 7 nitrogen and oxygen atoms in total. The van der Waals surface area contributed by atoms with E-state index in [2.05, 4.69) is 26.2 Å². The number of benzene rings is 1. The van der Waals surface area contributed by atoms with Crippen LogP contribution in [-0.2, 0) is 14.4 Å². The number of hydrogen-bond donors (Lipinski definition) is 2. The summed E-state index contributed by atoms with van der Waals surface area (Å²) in [5.41, 5.74) is 7.72. The highest BCUT2D eigenvalue weighted by Gasteiger charge is 2.35. The third kappa shape index (κ3) is 4.73. The zero-order valence-electron chi connectivity index (χ0n) is 15.3. The number of amides is 3. The first-order valence-corrected chi connectivity index (χ1v) is 11.1. The van der Waals surface area contributed by atoms with Crippen LogP contribution in [-0.4, -0.2) is 35.0 Å². The van der Waals surface area contributed by atoms with Gasteiger partial charge in [-0.05, 0) is 37.6 Å². The summed E-state index contributed by atoms with van der Waals surface area (Å²) in [4.78, 5) is 42.0. The molecule has 2 heterocycles. The summed E-state index contributed by atoms with van der Waals surface area (Å²) >= 11 is 6.05. The largest absolute Gasteiger partial charge is 0.369 e. The van der Waals surface area contributed by atoms with Gasteiger partial charge in [0.2, 0.25) is 17.7 Å². The average molecular weight is 483 g/mol. The van der Waals surface area contributed by atoms with Gasteiger partial charge in [0.1, 0.15) is 0 Å². The van der Waals surface area contributed by atoms with Crippen molar-refractivity contribution in [2.24, 2.45) is 11.7 Å². The quantitative estimate of drug-likeness (QED) is 0.615. The maximum atomic E-state index is 12.6. The summed E-state index contributed by atoms with van der Waals surface area (Å²) in [7, 11) is 0. The van der Waals surface area contributed by atoms with Crippen molar-refractivity contribution in [1.29, 1.82) is 0 Å². The van der Waals surface area contributed by atoms with Gasteiger partial charge in [0, 0.05) is 23.1 Å². The molecular weight excluding hydrogens is 464 g/mol. The molecule has 1 aromatic heterocycles. The second kappa shape index (κ2) is 8.62. The Bertz CT molecular complexity index is 947. The molecule has 0 aliphatic carbocycles. The standard InChI is InChI=1S/C18H19BrN4O3S2/c1-9-5-12(3-4-13(9)19)23-7-11(6-15(23)25)16(26)22-18-21-10(2)17(28-18)27-8-14(20)24/h3-5,11H,6-8H2,1-2H3,(H2,20,24)(H,21,22,26). The molecule has 1 unspecified atom stereocenters. The van der Waals surface area contributed by atoms with Gasteiger partial charge in [0.15, 0.2) is 5.13 Å². The number of thioether (sulfide) groups is 1. The highest BCUT2D eigenvalue weighted by molar-refractivity contribution is 9.10. The molecule has 0 saturated carbocycles. The Morgan fingerprint density at radius 3 is 2.86 bits per heavy atom. The van der Waals surface area contributed by atoms with Crippen LogP contribution < -0.4 is 16.0 Å². The van der Waals surface area contributed by atoms with Gasteiger partial charge in [0.25, 0.3) is 0 Å². The highest BCUT2D eigenvalue weighted by Crippen LogP contribution is 2.33. The van der Waals surface area contributed by atoms with Gasteiger partial charge in [-0.15, -0.1) is 11.8 Å². The van der Waals surface area contributed by atoms with E-state index >= 15 is 0 Å². The normalized spacial score (nSPS) is 16.5. The molecule has 10 heteroatoms. The second-order valence-electron chi connectivity index (χ2n) is 6.48. The van der Waals surface area contributed by atoms with Crippen LogP contribution >= 0.6 is 39.0 Å². The van der Waals surface area contributed by atoms with Gasteiger partial charge >= 0.3 is 0 Å². The van der Waals surface area contributed by atoms with E-state index in [0.29, 0.717) is 11.7 Å². The number of carbonyl (C=O) groups is 3. The topological polar surface area (TPSA) is 105 Å². The molecular formula is C18H19BrN4O3S2. The Balaban J connectivity index is 1.65. The van der Waals surface area contributed by atoms with Gasteiger partial charge in [-0.2, -0.15) is 0 Å². The van der Waals surface area contributed by atoms with Gasteiger partial charge < -0.3 is 16.0 Å². The first-order valence-electron chi connectivity index (χ1n) is 8.50. The molecule has 28 heavy (non-hydrogen) atoms. The Labute approximate surface area is 179 Å². The number of aromatic nitrogens is 1. The maximum Gasteiger partial charge on any atom is 0.231 e. The number of nitrogens with one attached hydrogen (secondary N) is 1. The van der Waals surface area contributed by atoms with Crippen LogP contribution in [0.5, 0.6) is 0 Å². The molecule has 1 aliphatic rings. The number of primary amides is 1. The van der Waals surface area contributed by atoms with Crippen LogP contribution in [0.4, 0.5) is 10.8 Å². The number of nitrogens with two attached hydrogens (primary N) is 1. The fourth-order valence-electron chi connectivity index (χ4n) is 2.84. The van der Waals surface area contributed by atoms with E-state index < -0.39 is 11.8 Å². The molecule has 0 bridgehead atoms. The number of anilines is 2. The Hall–Kier alpha value is -1.91. The maximum absolute atomic E-state index is 12.6. The van der Waals surface area contributed by atoms with Crippen molar-refractivity contribution >= 4 is 67.6 Å². The third-order valence-electron chi connectivity index (χ3n) is 4.28. The Morgan fingerprint density at radius 1 is 1.43 bits per heavy atom. The average Bonchev–Trinajstić information content (AvgIpc) is 3.18. The minimum atomic E-state index is -0.442. The van der Waals surface area contributed by atoms with E-state index in [1.54, 1.807) is 4.90 Å². The van der Waals surface area contributed by atoms with Crippen molar-refractivity contribution in [1.82, 2.24) is 4.98 Å². The summed E-state index contributed by atoms with van der Waals surface area (Å²) in [6, 6.07) is 5.69. The van der Waals surface area contributed by atoms with E-state index in [4.69, 9.17) is 5.73 Å². The molecule has 3 amide bonds. The first-order chi connectivity index (χ1) is 13.2. The second-order valence-corrected chi connectivity index (χ2v) is 9.57. The van der Waals surface area contributed by atoms with Gasteiger partial charge in [0.05, 0.1) is 21.6 Å². The van der Waals surface area contributed by atoms with Crippen LogP contribution in [0.3, 0.4) is 0 Å². The monoisotopic (exact) mass is 482 g/mol. The van der Waals surface area contributed by atoms with E-state index in [0.717, 1.165) is 25.6 Å². The lowest BCUT2D eigenvalue weighted by atomic mass is 10.1. The molecule has 148 valence electrons. The number of thiazole rings is 1. The van der Waals surface area contributed by atoms with E-state index in [1.165, 1.54) is 23.1 Å². The smallest absolute Gasteiger partial charge is 0.231 e. The summed E-state index contributed by atoms with van der Waals surface area (Å²) in [5, 5.41) is 3.26. The third-order valence-corrected chi connectivity index (χ3v) is 7.63. The summed E-state index contributed by atoms with van der Waals surface area (Å²) in [6.07, 6.45) is 0.161. The van der Waals surface area contributed by atoms with Crippen molar-refractivity contribution in [3.63, 3.8) is 0 Å². The predicted octanol–water partition coefficient (Wildman–Crippen LogP) is 3.09. The fraction of sp³-hybridized carbons (Fsp3) is 0.333. The van der Waals surface area contributed by atoms with Crippen molar-refractivity contribution in [2.75, 3.05) is 22.5 Å².